The summed E-state index contributed by atoms with van der Waals surface area (Å²) in [6, 6.07) is 14.1. The molecule has 0 aliphatic heterocycles. The maximum absolute atomic E-state index is 11.8. The van der Waals surface area contributed by atoms with Gasteiger partial charge in [0.05, 0.1) is 13.2 Å². The van der Waals surface area contributed by atoms with Gasteiger partial charge in [-0.15, -0.1) is 11.3 Å². The number of pyridine rings is 1. The van der Waals surface area contributed by atoms with Crippen molar-refractivity contribution >= 4 is 23.1 Å². The molecule has 0 bridgehead atoms. The number of carbonyl (C=O) groups is 1. The van der Waals surface area contributed by atoms with E-state index in [9.17, 15) is 4.79 Å². The van der Waals surface area contributed by atoms with Crippen molar-refractivity contribution in [2.75, 3.05) is 31.7 Å². The molecule has 2 heterocycles. The highest BCUT2D eigenvalue weighted by molar-refractivity contribution is 7.13. The SMILES string of the molecule is CCOC(=O)c1csc(-c2ccnc(N(C)CCCCOCc3ccccc3)c2)n1. The van der Waals surface area contributed by atoms with Crippen LogP contribution in [-0.4, -0.2) is 42.7 Å². The van der Waals surface area contributed by atoms with Crippen LogP contribution in [0.5, 0.6) is 0 Å². The van der Waals surface area contributed by atoms with E-state index in [2.05, 4.69) is 27.0 Å². The van der Waals surface area contributed by atoms with E-state index in [0.717, 1.165) is 42.4 Å². The molecule has 30 heavy (non-hydrogen) atoms. The third kappa shape index (κ3) is 6.37. The van der Waals surface area contributed by atoms with Crippen molar-refractivity contribution in [1.29, 1.82) is 0 Å². The number of benzene rings is 1. The number of ether oxygens (including phenoxy) is 2. The summed E-state index contributed by atoms with van der Waals surface area (Å²) in [5.41, 5.74) is 2.49. The zero-order valence-corrected chi connectivity index (χ0v) is 18.2. The Hall–Kier alpha value is -2.77. The molecule has 0 unspecified atom stereocenters. The fraction of sp³-hybridized carbons (Fsp3) is 0.348. The third-order valence-corrected chi connectivity index (χ3v) is 5.41. The number of rotatable bonds is 11. The van der Waals surface area contributed by atoms with Crippen LogP contribution in [0.4, 0.5) is 5.82 Å². The van der Waals surface area contributed by atoms with Crippen LogP contribution in [0.1, 0.15) is 35.8 Å². The van der Waals surface area contributed by atoms with Gasteiger partial charge in [0, 0.05) is 37.3 Å². The molecule has 1 aromatic carbocycles. The number of aromatic nitrogens is 2. The summed E-state index contributed by atoms with van der Waals surface area (Å²) in [4.78, 5) is 22.8. The highest BCUT2D eigenvalue weighted by atomic mass is 32.1. The fourth-order valence-corrected chi connectivity index (χ4v) is 3.68. The number of nitrogens with zero attached hydrogens (tertiary/aromatic N) is 3. The van der Waals surface area contributed by atoms with Crippen LogP contribution in [0, 0.1) is 0 Å². The quantitative estimate of drug-likeness (QED) is 0.324. The summed E-state index contributed by atoms with van der Waals surface area (Å²) in [7, 11) is 2.03. The topological polar surface area (TPSA) is 64.5 Å². The Balaban J connectivity index is 1.46. The fourth-order valence-electron chi connectivity index (χ4n) is 2.90. The monoisotopic (exact) mass is 425 g/mol. The first kappa shape index (κ1) is 21.9. The van der Waals surface area contributed by atoms with Gasteiger partial charge in [-0.1, -0.05) is 30.3 Å². The summed E-state index contributed by atoms with van der Waals surface area (Å²) < 4.78 is 10.8. The van der Waals surface area contributed by atoms with Gasteiger partial charge in [0.25, 0.3) is 0 Å². The van der Waals surface area contributed by atoms with E-state index < -0.39 is 0 Å². The van der Waals surface area contributed by atoms with Crippen LogP contribution in [0.2, 0.25) is 0 Å². The molecule has 0 saturated heterocycles. The molecule has 3 rings (SSSR count). The van der Waals surface area contributed by atoms with E-state index in [0.29, 0.717) is 18.9 Å². The van der Waals surface area contributed by atoms with Gasteiger partial charge in [-0.3, -0.25) is 0 Å². The van der Waals surface area contributed by atoms with E-state index in [1.807, 2.05) is 37.4 Å². The van der Waals surface area contributed by atoms with Gasteiger partial charge in [-0.25, -0.2) is 14.8 Å². The molecule has 0 N–H and O–H groups in total. The second-order valence-corrected chi connectivity index (χ2v) is 7.69. The minimum absolute atomic E-state index is 0.340. The molecule has 0 atom stereocenters. The Morgan fingerprint density at radius 1 is 1.17 bits per heavy atom. The Bertz CT molecular complexity index is 930. The molecule has 6 nitrogen and oxygen atoms in total. The van der Waals surface area contributed by atoms with Gasteiger partial charge in [-0.05, 0) is 37.5 Å². The predicted octanol–water partition coefficient (Wildman–Crippen LogP) is 4.82. The predicted molar refractivity (Wildman–Crippen MR) is 120 cm³/mol. The highest BCUT2D eigenvalue weighted by Gasteiger charge is 2.13. The second kappa shape index (κ2) is 11.4. The lowest BCUT2D eigenvalue weighted by Crippen LogP contribution is -2.20. The molecular formula is C23H27N3O3S. The first-order valence-electron chi connectivity index (χ1n) is 10.1. The molecule has 7 heteroatoms. The number of hydrogen-bond acceptors (Lipinski definition) is 7. The first-order chi connectivity index (χ1) is 14.7. The summed E-state index contributed by atoms with van der Waals surface area (Å²) in [5, 5.41) is 2.51. The Kier molecular flexibility index (Phi) is 8.35. The lowest BCUT2D eigenvalue weighted by molar-refractivity contribution is 0.0520. The van der Waals surface area contributed by atoms with Crippen molar-refractivity contribution in [2.24, 2.45) is 0 Å². The van der Waals surface area contributed by atoms with E-state index in [4.69, 9.17) is 9.47 Å². The third-order valence-electron chi connectivity index (χ3n) is 4.52. The van der Waals surface area contributed by atoms with Gasteiger partial charge < -0.3 is 14.4 Å². The molecule has 0 fully saturated rings. The van der Waals surface area contributed by atoms with Gasteiger partial charge in [0.2, 0.25) is 0 Å². The van der Waals surface area contributed by atoms with E-state index in [-0.39, 0.29) is 5.97 Å². The highest BCUT2D eigenvalue weighted by Crippen LogP contribution is 2.26. The van der Waals surface area contributed by atoms with Crippen molar-refractivity contribution in [3.63, 3.8) is 0 Å². The molecule has 2 aromatic heterocycles. The van der Waals surface area contributed by atoms with Crippen LogP contribution >= 0.6 is 11.3 Å². The lowest BCUT2D eigenvalue weighted by Gasteiger charge is -2.18. The molecule has 0 amide bonds. The van der Waals surface area contributed by atoms with Crippen molar-refractivity contribution in [2.45, 2.75) is 26.4 Å². The molecular weight excluding hydrogens is 398 g/mol. The number of hydrogen-bond donors (Lipinski definition) is 0. The van der Waals surface area contributed by atoms with Crippen LogP contribution in [0.15, 0.2) is 54.0 Å². The standard InChI is InChI=1S/C23H27N3O3S/c1-3-29-23(27)20-17-30-22(25-20)19-11-12-24-21(15-19)26(2)13-7-8-14-28-16-18-9-5-4-6-10-18/h4-6,9-12,15,17H,3,7-8,13-14,16H2,1-2H3. The molecule has 0 radical (unpaired) electrons. The molecule has 3 aromatic rings. The minimum Gasteiger partial charge on any atom is -0.461 e. The van der Waals surface area contributed by atoms with Crippen LogP contribution in [-0.2, 0) is 16.1 Å². The molecule has 0 saturated carbocycles. The largest absolute Gasteiger partial charge is 0.461 e. The number of carbonyl (C=O) groups excluding carboxylic acids is 1. The van der Waals surface area contributed by atoms with Crippen molar-refractivity contribution in [3.05, 3.63) is 65.3 Å². The number of anilines is 1. The lowest BCUT2D eigenvalue weighted by atomic mass is 10.2. The minimum atomic E-state index is -0.388. The van der Waals surface area contributed by atoms with Gasteiger partial charge in [0.15, 0.2) is 5.69 Å². The Morgan fingerprint density at radius 3 is 2.80 bits per heavy atom. The van der Waals surface area contributed by atoms with Crippen LogP contribution < -0.4 is 4.90 Å². The van der Waals surface area contributed by atoms with E-state index >= 15 is 0 Å². The van der Waals surface area contributed by atoms with Gasteiger partial charge >= 0.3 is 5.97 Å². The summed E-state index contributed by atoms with van der Waals surface area (Å²) >= 11 is 1.43. The second-order valence-electron chi connectivity index (χ2n) is 6.83. The van der Waals surface area contributed by atoms with Crippen molar-refractivity contribution < 1.29 is 14.3 Å². The maximum atomic E-state index is 11.8. The summed E-state index contributed by atoms with van der Waals surface area (Å²) in [5.74, 6) is 0.492. The molecule has 0 spiro atoms. The normalized spacial score (nSPS) is 10.7. The summed E-state index contributed by atoms with van der Waals surface area (Å²) in [6.07, 6.45) is 3.78. The Labute approximate surface area is 181 Å². The van der Waals surface area contributed by atoms with Crippen molar-refractivity contribution in [3.8, 4) is 10.6 Å². The number of thiazole rings is 1. The number of esters is 1. The zero-order chi connectivity index (χ0) is 21.2. The van der Waals surface area contributed by atoms with Gasteiger partial charge in [-0.2, -0.15) is 0 Å². The van der Waals surface area contributed by atoms with Crippen LogP contribution in [0.25, 0.3) is 10.6 Å². The Morgan fingerprint density at radius 2 is 2.00 bits per heavy atom. The van der Waals surface area contributed by atoms with E-state index in [1.54, 1.807) is 18.5 Å². The average Bonchev–Trinajstić information content (AvgIpc) is 3.27. The molecule has 0 aliphatic carbocycles. The smallest absolute Gasteiger partial charge is 0.357 e. The average molecular weight is 426 g/mol. The summed E-state index contributed by atoms with van der Waals surface area (Å²) in [6.45, 7) is 4.41. The zero-order valence-electron chi connectivity index (χ0n) is 17.4. The van der Waals surface area contributed by atoms with Crippen molar-refractivity contribution in [1.82, 2.24) is 9.97 Å². The molecule has 0 aliphatic rings. The van der Waals surface area contributed by atoms with Gasteiger partial charge in [0.1, 0.15) is 10.8 Å². The number of unbranched alkanes of at least 4 members (excludes halogenated alkanes) is 1. The molecule has 158 valence electrons. The van der Waals surface area contributed by atoms with Crippen LogP contribution in [0.3, 0.4) is 0 Å². The van der Waals surface area contributed by atoms with E-state index in [1.165, 1.54) is 16.9 Å². The first-order valence-corrected chi connectivity index (χ1v) is 11.0. The maximum Gasteiger partial charge on any atom is 0.357 e.